The molecule has 104 valence electrons. The lowest BCUT2D eigenvalue weighted by molar-refractivity contribution is -0.116. The molecule has 20 heavy (non-hydrogen) atoms. The van der Waals surface area contributed by atoms with Gasteiger partial charge in [0, 0.05) is 17.2 Å². The van der Waals surface area contributed by atoms with E-state index in [0.29, 0.717) is 16.3 Å². The minimum absolute atomic E-state index is 0.0362. The van der Waals surface area contributed by atoms with Crippen LogP contribution in [0.25, 0.3) is 0 Å². The maximum absolute atomic E-state index is 13.4. The predicted molar refractivity (Wildman–Crippen MR) is 82.7 cm³/mol. The Bertz CT molecular complexity index is 583. The second-order valence-corrected chi connectivity index (χ2v) is 5.85. The van der Waals surface area contributed by atoms with E-state index in [1.807, 2.05) is 24.3 Å². The van der Waals surface area contributed by atoms with E-state index >= 15 is 0 Å². The van der Waals surface area contributed by atoms with Crippen molar-refractivity contribution in [3.63, 3.8) is 0 Å². The SMILES string of the molecule is O=C(CSCc1ccc(Cl)cc1)Cc1ccccc1F. The predicted octanol–water partition coefficient (Wildman–Crippen LogP) is 4.52. The fraction of sp³-hybridized carbons (Fsp3) is 0.188. The molecule has 0 saturated carbocycles. The highest BCUT2D eigenvalue weighted by Gasteiger charge is 2.07. The Morgan fingerprint density at radius 3 is 2.50 bits per heavy atom. The first kappa shape index (κ1) is 15.1. The number of carbonyl (C=O) groups is 1. The average molecular weight is 309 g/mol. The minimum Gasteiger partial charge on any atom is -0.298 e. The van der Waals surface area contributed by atoms with Crippen LogP contribution in [-0.4, -0.2) is 11.5 Å². The molecule has 0 aliphatic heterocycles. The molecule has 2 aromatic carbocycles. The van der Waals surface area contributed by atoms with Gasteiger partial charge in [-0.3, -0.25) is 4.79 Å². The zero-order chi connectivity index (χ0) is 14.4. The summed E-state index contributed by atoms with van der Waals surface area (Å²) in [6, 6.07) is 13.9. The molecule has 0 aliphatic carbocycles. The van der Waals surface area contributed by atoms with E-state index in [2.05, 4.69) is 0 Å². The third-order valence-corrected chi connectivity index (χ3v) is 4.11. The van der Waals surface area contributed by atoms with Crippen molar-refractivity contribution in [2.75, 3.05) is 5.75 Å². The monoisotopic (exact) mass is 308 g/mol. The largest absolute Gasteiger partial charge is 0.298 e. The van der Waals surface area contributed by atoms with Gasteiger partial charge in [-0.15, -0.1) is 11.8 Å². The Labute approximate surface area is 127 Å². The maximum atomic E-state index is 13.4. The van der Waals surface area contributed by atoms with Gasteiger partial charge < -0.3 is 0 Å². The van der Waals surface area contributed by atoms with Crippen LogP contribution < -0.4 is 0 Å². The van der Waals surface area contributed by atoms with Crippen molar-refractivity contribution in [3.05, 3.63) is 70.5 Å². The molecule has 0 aromatic heterocycles. The zero-order valence-electron chi connectivity index (χ0n) is 10.8. The number of rotatable bonds is 6. The third kappa shape index (κ3) is 4.66. The van der Waals surface area contributed by atoms with Crippen molar-refractivity contribution in [1.82, 2.24) is 0 Å². The van der Waals surface area contributed by atoms with Gasteiger partial charge in [-0.2, -0.15) is 0 Å². The normalized spacial score (nSPS) is 10.5. The van der Waals surface area contributed by atoms with E-state index in [4.69, 9.17) is 11.6 Å². The Kier molecular flexibility index (Phi) is 5.62. The summed E-state index contributed by atoms with van der Waals surface area (Å²) in [6.45, 7) is 0. The lowest BCUT2D eigenvalue weighted by Crippen LogP contribution is -2.07. The molecule has 0 saturated heterocycles. The Morgan fingerprint density at radius 1 is 1.10 bits per heavy atom. The standard InChI is InChI=1S/C16H14ClFOS/c17-14-7-5-12(6-8-14)10-20-11-15(19)9-13-3-1-2-4-16(13)18/h1-8H,9-11H2. The number of ketones is 1. The molecule has 0 aliphatic rings. The number of benzene rings is 2. The summed E-state index contributed by atoms with van der Waals surface area (Å²) in [6.07, 6.45) is 0.153. The number of hydrogen-bond acceptors (Lipinski definition) is 2. The molecule has 0 unspecified atom stereocenters. The topological polar surface area (TPSA) is 17.1 Å². The highest BCUT2D eigenvalue weighted by atomic mass is 35.5. The molecular formula is C16H14ClFOS. The number of Topliss-reactive ketones (excluding diaryl/α,β-unsaturated/α-hetero) is 1. The van der Waals surface area contributed by atoms with E-state index in [-0.39, 0.29) is 18.0 Å². The Hall–Kier alpha value is -1.32. The van der Waals surface area contributed by atoms with E-state index in [0.717, 1.165) is 11.3 Å². The number of hydrogen-bond donors (Lipinski definition) is 0. The van der Waals surface area contributed by atoms with Gasteiger partial charge in [0.2, 0.25) is 0 Å². The fourth-order valence-corrected chi connectivity index (χ4v) is 2.75. The van der Waals surface area contributed by atoms with Crippen molar-refractivity contribution in [2.24, 2.45) is 0 Å². The fourth-order valence-electron chi connectivity index (χ4n) is 1.77. The molecule has 0 amide bonds. The van der Waals surface area contributed by atoms with E-state index in [9.17, 15) is 9.18 Å². The van der Waals surface area contributed by atoms with Crippen LogP contribution in [0.15, 0.2) is 48.5 Å². The molecule has 2 aromatic rings. The number of thioether (sulfide) groups is 1. The van der Waals surface area contributed by atoms with Gasteiger partial charge in [-0.1, -0.05) is 41.9 Å². The van der Waals surface area contributed by atoms with Gasteiger partial charge in [0.1, 0.15) is 11.6 Å². The van der Waals surface area contributed by atoms with Crippen molar-refractivity contribution < 1.29 is 9.18 Å². The molecule has 1 nitrogen and oxygen atoms in total. The van der Waals surface area contributed by atoms with Crippen LogP contribution in [0.2, 0.25) is 5.02 Å². The van der Waals surface area contributed by atoms with E-state index in [1.165, 1.54) is 17.8 Å². The number of carbonyl (C=O) groups excluding carboxylic acids is 1. The van der Waals surface area contributed by atoms with Gasteiger partial charge in [0.15, 0.2) is 0 Å². The highest BCUT2D eigenvalue weighted by molar-refractivity contribution is 7.99. The first-order chi connectivity index (χ1) is 9.65. The lowest BCUT2D eigenvalue weighted by Gasteiger charge is -2.03. The zero-order valence-corrected chi connectivity index (χ0v) is 12.4. The summed E-state index contributed by atoms with van der Waals surface area (Å²) in [7, 11) is 0. The quantitative estimate of drug-likeness (QED) is 0.780. The summed E-state index contributed by atoms with van der Waals surface area (Å²) in [5, 5.41) is 0.703. The highest BCUT2D eigenvalue weighted by Crippen LogP contribution is 2.16. The summed E-state index contributed by atoms with van der Waals surface area (Å²) in [5.41, 5.74) is 1.59. The van der Waals surface area contributed by atoms with Gasteiger partial charge in [-0.05, 0) is 29.3 Å². The van der Waals surface area contributed by atoms with Gasteiger partial charge in [0.05, 0.1) is 5.75 Å². The molecule has 0 fully saturated rings. The lowest BCUT2D eigenvalue weighted by atomic mass is 10.1. The van der Waals surface area contributed by atoms with Crippen molar-refractivity contribution in [3.8, 4) is 0 Å². The first-order valence-electron chi connectivity index (χ1n) is 6.22. The smallest absolute Gasteiger partial charge is 0.147 e. The summed E-state index contributed by atoms with van der Waals surface area (Å²) in [4.78, 5) is 11.8. The molecule has 0 N–H and O–H groups in total. The Morgan fingerprint density at radius 2 is 1.80 bits per heavy atom. The summed E-state index contributed by atoms with van der Waals surface area (Å²) in [5.74, 6) is 0.856. The van der Waals surface area contributed by atoms with E-state index in [1.54, 1.807) is 18.2 Å². The second kappa shape index (κ2) is 7.46. The van der Waals surface area contributed by atoms with Gasteiger partial charge >= 0.3 is 0 Å². The maximum Gasteiger partial charge on any atom is 0.147 e. The average Bonchev–Trinajstić information content (AvgIpc) is 2.44. The molecule has 0 atom stereocenters. The van der Waals surface area contributed by atoms with Crippen LogP contribution >= 0.6 is 23.4 Å². The first-order valence-corrected chi connectivity index (χ1v) is 7.76. The van der Waals surface area contributed by atoms with Gasteiger partial charge in [0.25, 0.3) is 0 Å². The number of halogens is 2. The molecular weight excluding hydrogens is 295 g/mol. The second-order valence-electron chi connectivity index (χ2n) is 4.43. The van der Waals surface area contributed by atoms with Crippen molar-refractivity contribution in [2.45, 2.75) is 12.2 Å². The summed E-state index contributed by atoms with van der Waals surface area (Å²) < 4.78 is 13.4. The van der Waals surface area contributed by atoms with Crippen LogP contribution in [0, 0.1) is 5.82 Å². The Balaban J connectivity index is 1.78. The van der Waals surface area contributed by atoms with Crippen LogP contribution in [0.3, 0.4) is 0 Å². The molecule has 4 heteroatoms. The molecule has 0 bridgehead atoms. The van der Waals surface area contributed by atoms with Crippen molar-refractivity contribution >= 4 is 29.1 Å². The molecule has 0 heterocycles. The van der Waals surface area contributed by atoms with Crippen LogP contribution in [0.4, 0.5) is 4.39 Å². The van der Waals surface area contributed by atoms with Crippen LogP contribution in [0.1, 0.15) is 11.1 Å². The molecule has 0 spiro atoms. The van der Waals surface area contributed by atoms with Crippen LogP contribution in [-0.2, 0) is 17.0 Å². The minimum atomic E-state index is -0.316. The van der Waals surface area contributed by atoms with Crippen molar-refractivity contribution in [1.29, 1.82) is 0 Å². The van der Waals surface area contributed by atoms with E-state index < -0.39 is 0 Å². The summed E-state index contributed by atoms with van der Waals surface area (Å²) >= 11 is 7.34. The third-order valence-electron chi connectivity index (χ3n) is 2.79. The van der Waals surface area contributed by atoms with Crippen LogP contribution in [0.5, 0.6) is 0 Å². The molecule has 2 rings (SSSR count). The van der Waals surface area contributed by atoms with Gasteiger partial charge in [-0.25, -0.2) is 4.39 Å². The molecule has 0 radical (unpaired) electrons.